The van der Waals surface area contributed by atoms with Gasteiger partial charge < -0.3 is 19.6 Å². The number of aromatic nitrogens is 1. The highest BCUT2D eigenvalue weighted by atomic mass is 16.5. The number of aliphatic hydroxyl groups is 1. The van der Waals surface area contributed by atoms with E-state index in [1.807, 2.05) is 24.4 Å². The Morgan fingerprint density at radius 1 is 0.818 bits per heavy atom. The first-order valence-electron chi connectivity index (χ1n) is 10.2. The second kappa shape index (κ2) is 9.50. The monoisotopic (exact) mass is 442 g/mol. The summed E-state index contributed by atoms with van der Waals surface area (Å²) in [7, 11) is 2.67. The molecule has 166 valence electrons. The molecule has 0 aliphatic heterocycles. The number of rotatable bonds is 6. The molecule has 4 rings (SSSR count). The van der Waals surface area contributed by atoms with Gasteiger partial charge in [0.25, 0.3) is 0 Å². The second-order valence-corrected chi connectivity index (χ2v) is 7.30. The van der Waals surface area contributed by atoms with Crippen molar-refractivity contribution in [1.82, 2.24) is 4.98 Å². The Balaban J connectivity index is 1.84. The van der Waals surface area contributed by atoms with Crippen LogP contribution in [-0.2, 0) is 16.1 Å². The van der Waals surface area contributed by atoms with Crippen molar-refractivity contribution in [2.75, 3.05) is 14.2 Å². The van der Waals surface area contributed by atoms with E-state index in [2.05, 4.69) is 4.98 Å². The first kappa shape index (κ1) is 22.0. The smallest absolute Gasteiger partial charge is 0.337 e. The predicted molar refractivity (Wildman–Crippen MR) is 125 cm³/mol. The van der Waals surface area contributed by atoms with Crippen LogP contribution in [0.4, 0.5) is 5.69 Å². The third-order valence-electron chi connectivity index (χ3n) is 5.30. The Kier molecular flexibility index (Phi) is 6.33. The van der Waals surface area contributed by atoms with Gasteiger partial charge in [0, 0.05) is 28.3 Å². The number of H-pyrrole nitrogens is 1. The van der Waals surface area contributed by atoms with E-state index in [0.717, 1.165) is 27.6 Å². The highest BCUT2D eigenvalue weighted by molar-refractivity contribution is 6.14. The normalized spacial score (nSPS) is 10.6. The van der Waals surface area contributed by atoms with E-state index in [4.69, 9.17) is 14.5 Å². The summed E-state index contributed by atoms with van der Waals surface area (Å²) in [5.41, 5.74) is 5.30. The summed E-state index contributed by atoms with van der Waals surface area (Å²) in [5.74, 6) is -0.846. The van der Waals surface area contributed by atoms with Gasteiger partial charge >= 0.3 is 11.9 Å². The molecule has 1 aromatic heterocycles. The molecule has 1 heterocycles. The van der Waals surface area contributed by atoms with E-state index >= 15 is 0 Å². The lowest BCUT2D eigenvalue weighted by Gasteiger charge is -2.10. The van der Waals surface area contributed by atoms with Crippen LogP contribution in [0.25, 0.3) is 10.9 Å². The van der Waals surface area contributed by atoms with Crippen LogP contribution in [0, 0.1) is 0 Å². The standard InChI is InChI=1S/C26H22N2O5/c1-32-25(30)18-7-3-16(4-8-18)24(17-5-9-19(10-6-17)26(31)33-2)28-22-13-20-11-12-27-23(20)21(14-22)15-29/h3-14,27,29H,15H2,1-2H3. The zero-order valence-electron chi connectivity index (χ0n) is 18.2. The van der Waals surface area contributed by atoms with Gasteiger partial charge in [-0.15, -0.1) is 0 Å². The quantitative estimate of drug-likeness (QED) is 0.340. The molecule has 0 spiro atoms. The van der Waals surface area contributed by atoms with Crippen LogP contribution in [0.2, 0.25) is 0 Å². The van der Waals surface area contributed by atoms with Gasteiger partial charge in [0.1, 0.15) is 0 Å². The van der Waals surface area contributed by atoms with E-state index in [0.29, 0.717) is 22.5 Å². The summed E-state index contributed by atoms with van der Waals surface area (Å²) >= 11 is 0. The Morgan fingerprint density at radius 3 is 1.82 bits per heavy atom. The lowest BCUT2D eigenvalue weighted by Crippen LogP contribution is -2.07. The maximum absolute atomic E-state index is 11.8. The van der Waals surface area contributed by atoms with E-state index < -0.39 is 11.9 Å². The Hall–Kier alpha value is -4.23. The third-order valence-corrected chi connectivity index (χ3v) is 5.30. The van der Waals surface area contributed by atoms with Gasteiger partial charge in [0.15, 0.2) is 0 Å². The summed E-state index contributed by atoms with van der Waals surface area (Å²) in [4.78, 5) is 31.7. The molecule has 4 aromatic rings. The zero-order valence-corrected chi connectivity index (χ0v) is 18.2. The van der Waals surface area contributed by atoms with Crippen LogP contribution in [0.15, 0.2) is 77.9 Å². The molecule has 0 fully saturated rings. The Bertz CT molecular complexity index is 1270. The number of hydrogen-bond acceptors (Lipinski definition) is 6. The number of nitrogens with one attached hydrogen (secondary N) is 1. The average Bonchev–Trinajstić information content (AvgIpc) is 3.35. The van der Waals surface area contributed by atoms with Crippen LogP contribution in [0.1, 0.15) is 37.4 Å². The number of benzene rings is 3. The number of fused-ring (bicyclic) bond motifs is 1. The Labute approximate surface area is 190 Å². The van der Waals surface area contributed by atoms with Gasteiger partial charge in [-0.2, -0.15) is 0 Å². The number of methoxy groups -OCH3 is 2. The number of hydrogen-bond donors (Lipinski definition) is 2. The maximum Gasteiger partial charge on any atom is 0.337 e. The number of aromatic amines is 1. The number of aliphatic hydroxyl groups excluding tert-OH is 1. The van der Waals surface area contributed by atoms with Gasteiger partial charge in [-0.05, 0) is 42.5 Å². The van der Waals surface area contributed by atoms with Crippen molar-refractivity contribution in [3.63, 3.8) is 0 Å². The lowest BCUT2D eigenvalue weighted by molar-refractivity contribution is 0.0592. The molecule has 0 amide bonds. The molecule has 33 heavy (non-hydrogen) atoms. The number of nitrogens with zero attached hydrogens (tertiary/aromatic N) is 1. The molecular formula is C26H22N2O5. The number of ether oxygens (including phenoxy) is 2. The largest absolute Gasteiger partial charge is 0.465 e. The summed E-state index contributed by atoms with van der Waals surface area (Å²) < 4.78 is 9.56. The lowest BCUT2D eigenvalue weighted by atomic mass is 9.99. The molecule has 0 saturated heterocycles. The Morgan fingerprint density at radius 2 is 1.33 bits per heavy atom. The van der Waals surface area contributed by atoms with Gasteiger partial charge in [-0.1, -0.05) is 24.3 Å². The molecule has 3 aromatic carbocycles. The fraction of sp³-hybridized carbons (Fsp3) is 0.115. The minimum atomic E-state index is -0.423. The summed E-state index contributed by atoms with van der Waals surface area (Å²) in [6, 6.07) is 19.5. The number of carbonyl (C=O) groups is 2. The van der Waals surface area contributed by atoms with Crippen LogP contribution < -0.4 is 0 Å². The molecule has 0 radical (unpaired) electrons. The minimum absolute atomic E-state index is 0.128. The van der Waals surface area contributed by atoms with Gasteiger partial charge in [0.05, 0.1) is 48.9 Å². The molecule has 0 unspecified atom stereocenters. The van der Waals surface area contributed by atoms with Gasteiger partial charge in [0.2, 0.25) is 0 Å². The zero-order chi connectivity index (χ0) is 23.4. The van der Waals surface area contributed by atoms with Crippen molar-refractivity contribution in [2.45, 2.75) is 6.61 Å². The van der Waals surface area contributed by atoms with Crippen LogP contribution >= 0.6 is 0 Å². The van der Waals surface area contributed by atoms with E-state index in [1.165, 1.54) is 14.2 Å². The SMILES string of the molecule is COC(=O)c1ccc(C(=Nc2cc(CO)c3[nH]ccc3c2)c2ccc(C(=O)OC)cc2)cc1. The molecular weight excluding hydrogens is 420 g/mol. The molecule has 0 aliphatic rings. The highest BCUT2D eigenvalue weighted by Crippen LogP contribution is 2.27. The van der Waals surface area contributed by atoms with Crippen LogP contribution in [0.3, 0.4) is 0 Å². The van der Waals surface area contributed by atoms with Gasteiger partial charge in [-0.25, -0.2) is 14.6 Å². The van der Waals surface area contributed by atoms with E-state index in [-0.39, 0.29) is 6.61 Å². The highest BCUT2D eigenvalue weighted by Gasteiger charge is 2.13. The fourth-order valence-corrected chi connectivity index (χ4v) is 3.61. The van der Waals surface area contributed by atoms with E-state index in [9.17, 15) is 14.7 Å². The van der Waals surface area contributed by atoms with E-state index in [1.54, 1.807) is 48.5 Å². The number of carbonyl (C=O) groups excluding carboxylic acids is 2. The summed E-state index contributed by atoms with van der Waals surface area (Å²) in [6.07, 6.45) is 1.81. The molecule has 0 bridgehead atoms. The number of aliphatic imine (C=N–C) groups is 1. The van der Waals surface area contributed by atoms with Gasteiger partial charge in [-0.3, -0.25) is 0 Å². The topological polar surface area (TPSA) is 101 Å². The predicted octanol–water partition coefficient (Wildman–Crippen LogP) is 4.40. The number of esters is 2. The molecule has 2 N–H and O–H groups in total. The molecule has 0 saturated carbocycles. The average molecular weight is 442 g/mol. The van der Waals surface area contributed by atoms with Crippen molar-refractivity contribution in [3.05, 3.63) is 101 Å². The second-order valence-electron chi connectivity index (χ2n) is 7.30. The molecule has 0 aliphatic carbocycles. The summed E-state index contributed by atoms with van der Waals surface area (Å²) in [6.45, 7) is -0.128. The third kappa shape index (κ3) is 4.53. The van der Waals surface area contributed by atoms with Crippen molar-refractivity contribution < 1.29 is 24.2 Å². The molecule has 7 heteroatoms. The van der Waals surface area contributed by atoms with Crippen molar-refractivity contribution >= 4 is 34.2 Å². The van der Waals surface area contributed by atoms with Crippen LogP contribution in [-0.4, -0.2) is 42.0 Å². The molecule has 7 nitrogen and oxygen atoms in total. The first-order chi connectivity index (χ1) is 16.0. The molecule has 0 atom stereocenters. The fourth-order valence-electron chi connectivity index (χ4n) is 3.61. The van der Waals surface area contributed by atoms with Crippen molar-refractivity contribution in [1.29, 1.82) is 0 Å². The first-order valence-corrected chi connectivity index (χ1v) is 10.2. The summed E-state index contributed by atoms with van der Waals surface area (Å²) in [5, 5.41) is 10.7. The minimum Gasteiger partial charge on any atom is -0.465 e. The maximum atomic E-state index is 11.8. The van der Waals surface area contributed by atoms with Crippen molar-refractivity contribution in [2.24, 2.45) is 4.99 Å². The van der Waals surface area contributed by atoms with Crippen LogP contribution in [0.5, 0.6) is 0 Å². The van der Waals surface area contributed by atoms with Crippen molar-refractivity contribution in [3.8, 4) is 0 Å².